The summed E-state index contributed by atoms with van der Waals surface area (Å²) in [5.41, 5.74) is 6.81. The first-order valence-corrected chi connectivity index (χ1v) is 21.9. The Kier molecular flexibility index (Phi) is 14.1. The molecule has 0 aliphatic carbocycles. The van der Waals surface area contributed by atoms with Gasteiger partial charge in [0.15, 0.2) is 5.78 Å². The quantitative estimate of drug-likeness (QED) is 0.0655. The van der Waals surface area contributed by atoms with Gasteiger partial charge in [-0.3, -0.25) is 14.8 Å². The number of allylic oxidation sites excluding steroid dienone is 2. The van der Waals surface area contributed by atoms with Gasteiger partial charge >= 0.3 is 0 Å². The van der Waals surface area contributed by atoms with Crippen LogP contribution in [-0.2, 0) is 31.3 Å². The van der Waals surface area contributed by atoms with Gasteiger partial charge in [-0.05, 0) is 61.6 Å². The molecule has 5 aromatic rings. The van der Waals surface area contributed by atoms with E-state index in [1.807, 2.05) is 27.7 Å². The van der Waals surface area contributed by atoms with Crippen molar-refractivity contribution in [2.24, 2.45) is 17.3 Å². The van der Waals surface area contributed by atoms with E-state index in [0.29, 0.717) is 0 Å². The third kappa shape index (κ3) is 9.94. The van der Waals surface area contributed by atoms with E-state index in [0.717, 1.165) is 70.2 Å². The monoisotopic (exact) mass is 873 g/mol. The molecule has 1 N–H and O–H groups in total. The van der Waals surface area contributed by atoms with E-state index in [2.05, 4.69) is 94.8 Å². The number of nitrogens with zero attached hydrogens (tertiary/aromatic N) is 3. The number of hydrogen-bond acceptors (Lipinski definition) is 6. The predicted octanol–water partition coefficient (Wildman–Crippen LogP) is 11.2. The number of aromatic nitrogens is 3. The first kappa shape index (κ1) is 40.7. The summed E-state index contributed by atoms with van der Waals surface area (Å²) in [6.45, 7) is 24.1. The third-order valence-electron chi connectivity index (χ3n) is 9.04. The molecule has 0 amide bonds. The van der Waals surface area contributed by atoms with Crippen LogP contribution in [0, 0.1) is 30.2 Å². The van der Waals surface area contributed by atoms with Crippen molar-refractivity contribution in [3.63, 3.8) is 0 Å². The molecule has 0 fully saturated rings. The molecule has 265 valence electrons. The number of aliphatic hydroxyl groups excluding tert-OH is 1. The number of ketones is 1. The van der Waals surface area contributed by atoms with Crippen LogP contribution in [0.25, 0.3) is 42.5 Å². The van der Waals surface area contributed by atoms with Crippen LogP contribution in [0.5, 0.6) is 0 Å². The Morgan fingerprint density at radius 1 is 0.939 bits per heavy atom. The first-order chi connectivity index (χ1) is 22.6. The topological polar surface area (TPSA) is 76.0 Å². The Bertz CT molecular complexity index is 1930. The van der Waals surface area contributed by atoms with Crippen LogP contribution in [0.15, 0.2) is 54.6 Å². The van der Waals surface area contributed by atoms with E-state index >= 15 is 0 Å². The van der Waals surface area contributed by atoms with E-state index in [9.17, 15) is 9.90 Å². The Balaban J connectivity index is 0.000000347. The minimum atomic E-state index is -1.64. The zero-order valence-electron chi connectivity index (χ0n) is 31.2. The molecule has 0 aliphatic heterocycles. The summed E-state index contributed by atoms with van der Waals surface area (Å²) in [4.78, 5) is 26.1. The van der Waals surface area contributed by atoms with Gasteiger partial charge in [-0.1, -0.05) is 102 Å². The second kappa shape index (κ2) is 17.0. The van der Waals surface area contributed by atoms with Crippen molar-refractivity contribution in [2.45, 2.75) is 107 Å². The normalized spacial score (nSPS) is 12.5. The molecule has 5 nitrogen and oxygen atoms in total. The van der Waals surface area contributed by atoms with Crippen LogP contribution in [0.1, 0.15) is 85.4 Å². The fourth-order valence-corrected chi connectivity index (χ4v) is 8.97. The molecule has 0 saturated heterocycles. The number of carbonyl (C=O) groups is 1. The van der Waals surface area contributed by atoms with Crippen LogP contribution >= 0.6 is 11.3 Å². The van der Waals surface area contributed by atoms with Gasteiger partial charge < -0.3 is 5.11 Å². The van der Waals surface area contributed by atoms with Crippen LogP contribution < -0.4 is 5.19 Å². The van der Waals surface area contributed by atoms with Gasteiger partial charge in [0.2, 0.25) is 0 Å². The molecule has 8 heteroatoms. The summed E-state index contributed by atoms with van der Waals surface area (Å²) in [6.07, 6.45) is 7.66. The summed E-state index contributed by atoms with van der Waals surface area (Å²) in [5.74, 6) is 0.547. The van der Waals surface area contributed by atoms with Crippen molar-refractivity contribution in [2.75, 3.05) is 0 Å². The van der Waals surface area contributed by atoms with Crippen molar-refractivity contribution >= 4 is 61.6 Å². The van der Waals surface area contributed by atoms with Gasteiger partial charge in [0.25, 0.3) is 0 Å². The number of thiophene rings is 1. The fraction of sp³-hybridized carbons (Fsp3) is 0.463. The van der Waals surface area contributed by atoms with Crippen molar-refractivity contribution in [1.29, 1.82) is 0 Å². The molecule has 2 aromatic carbocycles. The molecular weight excluding hydrogens is 819 g/mol. The summed E-state index contributed by atoms with van der Waals surface area (Å²) >= 11 is 1.80. The van der Waals surface area contributed by atoms with E-state index in [-0.39, 0.29) is 48.9 Å². The third-order valence-corrected chi connectivity index (χ3v) is 12.2. The Labute approximate surface area is 312 Å². The number of aryl methyl sites for hydroxylation is 1. The Morgan fingerprint density at radius 2 is 1.59 bits per heavy atom. The average molecular weight is 873 g/mol. The number of carbonyl (C=O) groups excluding carboxylic acids is 1. The molecular formula is C41H54IrN3O2SSi-. The van der Waals surface area contributed by atoms with E-state index in [4.69, 9.17) is 9.97 Å². The number of pyridine rings is 1. The smallest absolute Gasteiger partial charge is 0.162 e. The number of rotatable bonds is 10. The Hall–Kier alpha value is -2.77. The molecule has 3 heterocycles. The van der Waals surface area contributed by atoms with Crippen molar-refractivity contribution < 1.29 is 30.0 Å². The van der Waals surface area contributed by atoms with Crippen molar-refractivity contribution in [1.82, 2.24) is 15.0 Å². The van der Waals surface area contributed by atoms with Crippen LogP contribution in [0.2, 0.25) is 19.6 Å². The molecule has 0 spiro atoms. The predicted molar refractivity (Wildman–Crippen MR) is 209 cm³/mol. The minimum absolute atomic E-state index is 0. The molecule has 0 atom stereocenters. The van der Waals surface area contributed by atoms with E-state index < -0.39 is 8.07 Å². The molecule has 0 bridgehead atoms. The molecule has 0 unspecified atom stereocenters. The van der Waals surface area contributed by atoms with Crippen LogP contribution in [0.4, 0.5) is 0 Å². The SMILES string of the molecule is CCC(CC)C(=O)/C=C(\O)C(CC)CC.Cc1ccc2[c-]c(-c3ncnc4c3sc3cc(CC(C)(C)C)ccc34)cc([Si](C)(C)C)c2n1.[Ir]. The van der Waals surface area contributed by atoms with Crippen LogP contribution in [-0.4, -0.2) is 33.9 Å². The fourth-order valence-electron chi connectivity index (χ4n) is 6.27. The largest absolute Gasteiger partial charge is 0.512 e. The minimum Gasteiger partial charge on any atom is -0.512 e. The maximum Gasteiger partial charge on any atom is 0.162 e. The first-order valence-electron chi connectivity index (χ1n) is 17.5. The van der Waals surface area contributed by atoms with Crippen LogP contribution in [0.3, 0.4) is 0 Å². The van der Waals surface area contributed by atoms with Gasteiger partial charge in [0.1, 0.15) is 6.33 Å². The second-order valence-corrected chi connectivity index (χ2v) is 21.4. The molecule has 0 aliphatic rings. The van der Waals surface area contributed by atoms with Gasteiger partial charge in [-0.25, -0.2) is 4.98 Å². The number of hydrogen-bond donors (Lipinski definition) is 1. The zero-order chi connectivity index (χ0) is 35.4. The van der Waals surface area contributed by atoms with E-state index in [1.165, 1.54) is 26.9 Å². The number of benzene rings is 2. The summed E-state index contributed by atoms with van der Waals surface area (Å²) in [6, 6.07) is 17.0. The summed E-state index contributed by atoms with van der Waals surface area (Å²) in [7, 11) is -1.64. The molecule has 1 radical (unpaired) electrons. The van der Waals surface area contributed by atoms with Gasteiger partial charge in [-0.2, -0.15) is 0 Å². The van der Waals surface area contributed by atoms with Crippen molar-refractivity contribution in [3.05, 3.63) is 71.9 Å². The van der Waals surface area contributed by atoms with E-state index in [1.54, 1.807) is 17.7 Å². The maximum absolute atomic E-state index is 11.7. The van der Waals surface area contributed by atoms with Gasteiger partial charge in [0, 0.05) is 64.2 Å². The molecule has 49 heavy (non-hydrogen) atoms. The van der Waals surface area contributed by atoms with Crippen molar-refractivity contribution in [3.8, 4) is 11.3 Å². The molecule has 3 aromatic heterocycles. The summed E-state index contributed by atoms with van der Waals surface area (Å²) < 4.78 is 2.41. The number of fused-ring (bicyclic) bond motifs is 4. The maximum atomic E-state index is 11.7. The molecule has 5 rings (SSSR count). The summed E-state index contributed by atoms with van der Waals surface area (Å²) in [5, 5.41) is 13.4. The Morgan fingerprint density at radius 3 is 2.18 bits per heavy atom. The van der Waals surface area contributed by atoms with Gasteiger partial charge in [-0.15, -0.1) is 29.5 Å². The average Bonchev–Trinajstić information content (AvgIpc) is 3.38. The molecule has 0 saturated carbocycles. The standard InChI is InChI=1S/C28H30N3SSi.C13H24O2.Ir/c1-17-8-10-19-13-20(14-23(24(19)31-17)33(5,6)7)25-27-26(30-16-29-25)21-11-9-18(12-22(21)32-27)15-28(2,3)4;1-5-10(6-2)12(14)9-13(15)11(7-3)8-4;/h8-12,14,16H,15H2,1-7H3;9-11,14H,5-8H2,1-4H3;/q-1;;/b;12-9-;. The van der Waals surface area contributed by atoms with Gasteiger partial charge in [0.05, 0.1) is 19.3 Å². The number of aliphatic hydroxyl groups is 1. The zero-order valence-corrected chi connectivity index (χ0v) is 35.5. The second-order valence-electron chi connectivity index (χ2n) is 15.3.